The fourth-order valence-corrected chi connectivity index (χ4v) is 4.67. The van der Waals surface area contributed by atoms with Crippen LogP contribution in [0, 0.1) is 11.3 Å². The Labute approximate surface area is 207 Å². The average molecular weight is 481 g/mol. The molecule has 5 aromatic rings. The summed E-state index contributed by atoms with van der Waals surface area (Å²) in [6, 6.07) is 19.9. The van der Waals surface area contributed by atoms with E-state index in [0.717, 1.165) is 27.8 Å². The molecule has 3 heterocycles. The van der Waals surface area contributed by atoms with Crippen molar-refractivity contribution < 1.29 is 4.74 Å². The minimum atomic E-state index is 0.230. The number of nitrogens with one attached hydrogen (secondary N) is 1. The molecule has 0 aliphatic carbocycles. The first-order chi connectivity index (χ1) is 17.0. The first-order valence-electron chi connectivity index (χ1n) is 11.2. The molecule has 0 atom stereocenters. The number of hydrogen-bond acceptors (Lipinski definition) is 7. The minimum absolute atomic E-state index is 0.230. The molecule has 174 valence electrons. The number of hydrogen-bond donors (Lipinski definition) is 2. The molecule has 0 radical (unpaired) electrons. The van der Waals surface area contributed by atoms with Crippen molar-refractivity contribution in [3.05, 3.63) is 82.9 Å². The molecule has 5 rings (SSSR count). The van der Waals surface area contributed by atoms with Gasteiger partial charge >= 0.3 is 0 Å². The van der Waals surface area contributed by atoms with E-state index in [-0.39, 0.29) is 6.04 Å². The lowest BCUT2D eigenvalue weighted by Crippen LogP contribution is -2.01. The van der Waals surface area contributed by atoms with E-state index < -0.39 is 0 Å². The summed E-state index contributed by atoms with van der Waals surface area (Å²) in [6.45, 7) is 4.87. The zero-order chi connectivity index (χ0) is 24.4. The predicted molar refractivity (Wildman–Crippen MR) is 141 cm³/mol. The van der Waals surface area contributed by atoms with Crippen molar-refractivity contribution in [3.63, 3.8) is 0 Å². The summed E-state index contributed by atoms with van der Waals surface area (Å²) in [4.78, 5) is 9.84. The van der Waals surface area contributed by atoms with Crippen LogP contribution in [-0.4, -0.2) is 14.5 Å². The fourth-order valence-electron chi connectivity index (χ4n) is 4.02. The third kappa shape index (κ3) is 4.42. The van der Waals surface area contributed by atoms with Gasteiger partial charge in [-0.25, -0.2) is 9.97 Å². The van der Waals surface area contributed by atoms with Gasteiger partial charge in [0.2, 0.25) is 0 Å². The molecule has 0 saturated carbocycles. The molecular weight excluding hydrogens is 456 g/mol. The SMILES string of the molecule is CC(C)n1cc(-c2ccc(Oc3cccc(NCc4cccs4)c3C#N)cc2)c2c(N)ncnc21. The lowest BCUT2D eigenvalue weighted by molar-refractivity contribution is 0.481. The van der Waals surface area contributed by atoms with Gasteiger partial charge in [0.1, 0.15) is 40.9 Å². The number of nitrogens with zero attached hydrogens (tertiary/aromatic N) is 4. The molecule has 0 fully saturated rings. The molecule has 0 unspecified atom stereocenters. The molecule has 0 amide bonds. The Balaban J connectivity index is 1.42. The predicted octanol–water partition coefficient (Wildman–Crippen LogP) is 6.60. The standard InChI is InChI=1S/C27H24N6OS/c1-17(2)33-15-22(25-26(29)31-16-32-27(25)33)18-8-10-19(11-9-18)34-24-7-3-6-23(21(24)13-28)30-14-20-5-4-12-35-20/h3-12,15-17,30H,14H2,1-2H3,(H2,29,31,32). The molecule has 2 aromatic carbocycles. The molecule has 0 aliphatic heterocycles. The van der Waals surface area contributed by atoms with Crippen molar-refractivity contribution in [2.45, 2.75) is 26.4 Å². The zero-order valence-electron chi connectivity index (χ0n) is 19.4. The third-order valence-electron chi connectivity index (χ3n) is 5.76. The van der Waals surface area contributed by atoms with Crippen LogP contribution < -0.4 is 15.8 Å². The number of aromatic nitrogens is 3. The number of nitrogen functional groups attached to an aromatic ring is 1. The number of nitrogens with two attached hydrogens (primary N) is 1. The Bertz CT molecular complexity index is 1510. The van der Waals surface area contributed by atoms with Crippen LogP contribution in [0.4, 0.5) is 11.5 Å². The number of anilines is 2. The van der Waals surface area contributed by atoms with E-state index in [9.17, 15) is 5.26 Å². The van der Waals surface area contributed by atoms with Gasteiger partial charge in [0, 0.05) is 29.2 Å². The Kier molecular flexibility index (Phi) is 6.08. The normalized spacial score (nSPS) is 11.0. The number of rotatable bonds is 7. The van der Waals surface area contributed by atoms with E-state index in [2.05, 4.69) is 52.0 Å². The fraction of sp³-hybridized carbons (Fsp3) is 0.148. The summed E-state index contributed by atoms with van der Waals surface area (Å²) in [6.07, 6.45) is 3.56. The van der Waals surface area contributed by atoms with Crippen LogP contribution in [0.15, 0.2) is 72.5 Å². The van der Waals surface area contributed by atoms with Gasteiger partial charge in [0.25, 0.3) is 0 Å². The molecule has 35 heavy (non-hydrogen) atoms. The van der Waals surface area contributed by atoms with Crippen LogP contribution in [0.3, 0.4) is 0 Å². The summed E-state index contributed by atoms with van der Waals surface area (Å²) in [5.41, 5.74) is 10.2. The highest BCUT2D eigenvalue weighted by atomic mass is 32.1. The molecule has 8 heteroatoms. The summed E-state index contributed by atoms with van der Waals surface area (Å²) >= 11 is 1.67. The summed E-state index contributed by atoms with van der Waals surface area (Å²) in [5.74, 6) is 1.60. The Morgan fingerprint density at radius 1 is 1.11 bits per heavy atom. The van der Waals surface area contributed by atoms with Gasteiger partial charge < -0.3 is 20.4 Å². The first kappa shape index (κ1) is 22.4. The lowest BCUT2D eigenvalue weighted by atomic mass is 10.1. The second-order valence-electron chi connectivity index (χ2n) is 8.35. The molecule has 0 bridgehead atoms. The van der Waals surface area contributed by atoms with Gasteiger partial charge in [-0.2, -0.15) is 5.26 Å². The maximum absolute atomic E-state index is 9.81. The molecule has 3 aromatic heterocycles. The van der Waals surface area contributed by atoms with Crippen molar-refractivity contribution in [2.24, 2.45) is 0 Å². The van der Waals surface area contributed by atoms with Crippen molar-refractivity contribution in [1.82, 2.24) is 14.5 Å². The number of benzene rings is 2. The Morgan fingerprint density at radius 2 is 1.94 bits per heavy atom. The van der Waals surface area contributed by atoms with E-state index in [1.54, 1.807) is 17.4 Å². The maximum Gasteiger partial charge on any atom is 0.147 e. The lowest BCUT2D eigenvalue weighted by Gasteiger charge is -2.12. The van der Waals surface area contributed by atoms with Crippen LogP contribution in [0.25, 0.3) is 22.2 Å². The molecule has 7 nitrogen and oxygen atoms in total. The van der Waals surface area contributed by atoms with Gasteiger partial charge in [-0.15, -0.1) is 11.3 Å². The molecule has 0 aliphatic rings. The van der Waals surface area contributed by atoms with Crippen molar-refractivity contribution >= 4 is 33.9 Å². The zero-order valence-corrected chi connectivity index (χ0v) is 20.2. The molecular formula is C27H24N6OS. The van der Waals surface area contributed by atoms with Crippen molar-refractivity contribution in [3.8, 4) is 28.7 Å². The van der Waals surface area contributed by atoms with Crippen LogP contribution >= 0.6 is 11.3 Å². The molecule has 0 saturated heterocycles. The third-order valence-corrected chi connectivity index (χ3v) is 6.64. The Hall–Kier alpha value is -4.35. The molecule has 0 spiro atoms. The van der Waals surface area contributed by atoms with E-state index in [1.165, 1.54) is 11.2 Å². The summed E-state index contributed by atoms with van der Waals surface area (Å²) in [5, 5.41) is 16.0. The average Bonchev–Trinajstić information content (AvgIpc) is 3.52. The summed E-state index contributed by atoms with van der Waals surface area (Å²) in [7, 11) is 0. The van der Waals surface area contributed by atoms with Gasteiger partial charge in [-0.1, -0.05) is 24.3 Å². The van der Waals surface area contributed by atoms with Crippen LogP contribution in [-0.2, 0) is 6.54 Å². The van der Waals surface area contributed by atoms with Gasteiger partial charge in [0.15, 0.2) is 0 Å². The van der Waals surface area contributed by atoms with Crippen molar-refractivity contribution in [2.75, 3.05) is 11.1 Å². The topological polar surface area (TPSA) is 102 Å². The number of thiophene rings is 1. The number of fused-ring (bicyclic) bond motifs is 1. The van der Waals surface area contributed by atoms with Gasteiger partial charge in [-0.05, 0) is 55.1 Å². The van der Waals surface area contributed by atoms with E-state index in [4.69, 9.17) is 10.5 Å². The van der Waals surface area contributed by atoms with E-state index >= 15 is 0 Å². The van der Waals surface area contributed by atoms with Crippen LogP contribution in [0.2, 0.25) is 0 Å². The monoisotopic (exact) mass is 480 g/mol. The van der Waals surface area contributed by atoms with Crippen molar-refractivity contribution in [1.29, 1.82) is 5.26 Å². The second-order valence-corrected chi connectivity index (χ2v) is 9.38. The smallest absolute Gasteiger partial charge is 0.147 e. The quantitative estimate of drug-likeness (QED) is 0.272. The highest BCUT2D eigenvalue weighted by Crippen LogP contribution is 2.36. The first-order valence-corrected chi connectivity index (χ1v) is 12.1. The highest BCUT2D eigenvalue weighted by molar-refractivity contribution is 7.09. The Morgan fingerprint density at radius 3 is 2.66 bits per heavy atom. The minimum Gasteiger partial charge on any atom is -0.456 e. The second kappa shape index (κ2) is 9.49. The summed E-state index contributed by atoms with van der Waals surface area (Å²) < 4.78 is 8.21. The van der Waals surface area contributed by atoms with Gasteiger partial charge in [-0.3, -0.25) is 0 Å². The molecule has 3 N–H and O–H groups in total. The number of ether oxygens (including phenoxy) is 1. The highest BCUT2D eigenvalue weighted by Gasteiger charge is 2.17. The van der Waals surface area contributed by atoms with Crippen LogP contribution in [0.1, 0.15) is 30.3 Å². The maximum atomic E-state index is 9.81. The largest absolute Gasteiger partial charge is 0.456 e. The van der Waals surface area contributed by atoms with Crippen LogP contribution in [0.5, 0.6) is 11.5 Å². The number of nitriles is 1. The van der Waals surface area contributed by atoms with Gasteiger partial charge in [0.05, 0.1) is 11.1 Å². The van der Waals surface area contributed by atoms with E-state index in [1.807, 2.05) is 47.8 Å². The van der Waals surface area contributed by atoms with E-state index in [0.29, 0.717) is 29.4 Å².